The molecule has 0 radical (unpaired) electrons. The van der Waals surface area contributed by atoms with E-state index in [0.717, 1.165) is 10.3 Å². The van der Waals surface area contributed by atoms with Gasteiger partial charge in [0.1, 0.15) is 10.9 Å². The van der Waals surface area contributed by atoms with Crippen molar-refractivity contribution in [2.75, 3.05) is 0 Å². The lowest BCUT2D eigenvalue weighted by Gasteiger charge is -2.03. The van der Waals surface area contributed by atoms with Gasteiger partial charge in [-0.2, -0.15) is 0 Å². The van der Waals surface area contributed by atoms with E-state index in [4.69, 9.17) is 0 Å². The first-order chi connectivity index (χ1) is 6.27. The Morgan fingerprint density at radius 3 is 2.46 bits per heavy atom. The molecule has 0 atom stereocenters. The van der Waals surface area contributed by atoms with Gasteiger partial charge in [0.15, 0.2) is 0 Å². The summed E-state index contributed by atoms with van der Waals surface area (Å²) in [4.78, 5) is 4.04. The van der Waals surface area contributed by atoms with Crippen molar-refractivity contribution in [1.29, 1.82) is 0 Å². The second-order valence-corrected chi connectivity index (χ2v) is 3.73. The molecule has 0 unspecified atom stereocenters. The molecule has 0 saturated heterocycles. The first kappa shape index (κ1) is 8.51. The van der Waals surface area contributed by atoms with Crippen molar-refractivity contribution in [3.63, 3.8) is 0 Å². The van der Waals surface area contributed by atoms with Gasteiger partial charge in [-0.25, -0.2) is 4.98 Å². The molecule has 1 aromatic carbocycles. The summed E-state index contributed by atoms with van der Waals surface area (Å²) < 4.78 is 2.95. The van der Waals surface area contributed by atoms with Gasteiger partial charge in [0, 0.05) is 5.69 Å². The minimum Gasteiger partial charge on any atom is -0.293 e. The molecule has 0 amide bonds. The van der Waals surface area contributed by atoms with E-state index in [1.165, 1.54) is 5.56 Å². The van der Waals surface area contributed by atoms with Crippen LogP contribution in [0, 0.1) is 6.92 Å². The van der Waals surface area contributed by atoms with Gasteiger partial charge in [-0.1, -0.05) is 17.7 Å². The number of benzene rings is 1. The molecule has 0 fully saturated rings. The van der Waals surface area contributed by atoms with Crippen LogP contribution in [0.3, 0.4) is 0 Å². The second-order valence-electron chi connectivity index (χ2n) is 2.92. The molecular formula is C10H9BrN2. The smallest absolute Gasteiger partial charge is 0.109 e. The summed E-state index contributed by atoms with van der Waals surface area (Å²) >= 11 is 3.42. The molecule has 0 spiro atoms. The fourth-order valence-electron chi connectivity index (χ4n) is 1.17. The van der Waals surface area contributed by atoms with E-state index in [1.807, 2.05) is 4.57 Å². The third-order valence-electron chi connectivity index (χ3n) is 1.91. The zero-order valence-electron chi connectivity index (χ0n) is 7.24. The summed E-state index contributed by atoms with van der Waals surface area (Å²) in [7, 11) is 0. The van der Waals surface area contributed by atoms with Crippen molar-refractivity contribution >= 4 is 15.9 Å². The Morgan fingerprint density at radius 1 is 1.23 bits per heavy atom. The van der Waals surface area contributed by atoms with Crippen molar-refractivity contribution < 1.29 is 0 Å². The van der Waals surface area contributed by atoms with Gasteiger partial charge in [0.2, 0.25) is 0 Å². The Bertz CT molecular complexity index is 403. The third kappa shape index (κ3) is 1.65. The van der Waals surface area contributed by atoms with E-state index >= 15 is 0 Å². The topological polar surface area (TPSA) is 17.8 Å². The lowest BCUT2D eigenvalue weighted by atomic mass is 10.2. The SMILES string of the molecule is Cc1ccc(-n2cncc2Br)cc1. The monoisotopic (exact) mass is 236 g/mol. The van der Waals surface area contributed by atoms with Gasteiger partial charge >= 0.3 is 0 Å². The van der Waals surface area contributed by atoms with Gasteiger partial charge in [-0.15, -0.1) is 0 Å². The van der Waals surface area contributed by atoms with Crippen LogP contribution >= 0.6 is 15.9 Å². The zero-order valence-corrected chi connectivity index (χ0v) is 8.82. The van der Waals surface area contributed by atoms with Crippen LogP contribution in [0.5, 0.6) is 0 Å². The van der Waals surface area contributed by atoms with Crippen molar-refractivity contribution in [1.82, 2.24) is 9.55 Å². The van der Waals surface area contributed by atoms with Crippen LogP contribution in [-0.4, -0.2) is 9.55 Å². The molecule has 13 heavy (non-hydrogen) atoms. The molecule has 0 aliphatic carbocycles. The number of nitrogens with zero attached hydrogens (tertiary/aromatic N) is 2. The number of rotatable bonds is 1. The Kier molecular flexibility index (Phi) is 2.19. The highest BCUT2D eigenvalue weighted by atomic mass is 79.9. The average Bonchev–Trinajstić information content (AvgIpc) is 2.53. The number of aryl methyl sites for hydroxylation is 1. The largest absolute Gasteiger partial charge is 0.293 e. The maximum atomic E-state index is 4.04. The molecule has 2 aromatic rings. The molecule has 0 N–H and O–H groups in total. The molecule has 2 nitrogen and oxygen atoms in total. The number of aromatic nitrogens is 2. The average molecular weight is 237 g/mol. The molecule has 2 rings (SSSR count). The van der Waals surface area contributed by atoms with E-state index in [9.17, 15) is 0 Å². The van der Waals surface area contributed by atoms with E-state index in [2.05, 4.69) is 52.1 Å². The predicted molar refractivity (Wildman–Crippen MR) is 56.0 cm³/mol. The number of halogens is 1. The lowest BCUT2D eigenvalue weighted by molar-refractivity contribution is 1.03. The molecule has 1 heterocycles. The van der Waals surface area contributed by atoms with E-state index in [1.54, 1.807) is 12.5 Å². The predicted octanol–water partition coefficient (Wildman–Crippen LogP) is 2.94. The summed E-state index contributed by atoms with van der Waals surface area (Å²) in [6.45, 7) is 2.08. The Labute approximate surface area is 85.4 Å². The highest BCUT2D eigenvalue weighted by Crippen LogP contribution is 2.16. The highest BCUT2D eigenvalue weighted by molar-refractivity contribution is 9.10. The fourth-order valence-corrected chi connectivity index (χ4v) is 1.59. The van der Waals surface area contributed by atoms with Crippen molar-refractivity contribution in [3.8, 4) is 5.69 Å². The molecule has 66 valence electrons. The van der Waals surface area contributed by atoms with E-state index in [0.29, 0.717) is 0 Å². The zero-order chi connectivity index (χ0) is 9.26. The Morgan fingerprint density at radius 2 is 1.92 bits per heavy atom. The van der Waals surface area contributed by atoms with Crippen molar-refractivity contribution in [3.05, 3.63) is 47.0 Å². The second kappa shape index (κ2) is 3.34. The van der Waals surface area contributed by atoms with Crippen LogP contribution in [0.25, 0.3) is 5.69 Å². The van der Waals surface area contributed by atoms with Crippen LogP contribution in [0.15, 0.2) is 41.4 Å². The summed E-state index contributed by atoms with van der Waals surface area (Å²) in [5, 5.41) is 0. The Hall–Kier alpha value is -1.09. The normalized spacial score (nSPS) is 10.3. The van der Waals surface area contributed by atoms with Crippen molar-refractivity contribution in [2.24, 2.45) is 0 Å². The molecule has 3 heteroatoms. The first-order valence-electron chi connectivity index (χ1n) is 4.02. The van der Waals surface area contributed by atoms with Crippen LogP contribution < -0.4 is 0 Å². The molecule has 0 bridgehead atoms. The summed E-state index contributed by atoms with van der Waals surface area (Å²) in [5.41, 5.74) is 2.38. The quantitative estimate of drug-likeness (QED) is 0.745. The molecule has 0 saturated carbocycles. The van der Waals surface area contributed by atoms with E-state index in [-0.39, 0.29) is 0 Å². The van der Waals surface area contributed by atoms with Gasteiger partial charge < -0.3 is 0 Å². The third-order valence-corrected chi connectivity index (χ3v) is 2.49. The van der Waals surface area contributed by atoms with Crippen LogP contribution in [-0.2, 0) is 0 Å². The van der Waals surface area contributed by atoms with Crippen molar-refractivity contribution in [2.45, 2.75) is 6.92 Å². The summed E-state index contributed by atoms with van der Waals surface area (Å²) in [6, 6.07) is 8.31. The summed E-state index contributed by atoms with van der Waals surface area (Å²) in [6.07, 6.45) is 3.56. The molecule has 0 aliphatic rings. The van der Waals surface area contributed by atoms with Gasteiger partial charge in [-0.05, 0) is 35.0 Å². The minimum absolute atomic E-state index is 0.969. The van der Waals surface area contributed by atoms with Crippen LogP contribution in [0.1, 0.15) is 5.56 Å². The number of imidazole rings is 1. The van der Waals surface area contributed by atoms with Crippen LogP contribution in [0.4, 0.5) is 0 Å². The number of hydrogen-bond acceptors (Lipinski definition) is 1. The van der Waals surface area contributed by atoms with E-state index < -0.39 is 0 Å². The number of hydrogen-bond donors (Lipinski definition) is 0. The van der Waals surface area contributed by atoms with Gasteiger partial charge in [0.05, 0.1) is 6.20 Å². The summed E-state index contributed by atoms with van der Waals surface area (Å²) in [5.74, 6) is 0. The maximum Gasteiger partial charge on any atom is 0.109 e. The molecule has 0 aliphatic heterocycles. The van der Waals surface area contributed by atoms with Gasteiger partial charge in [-0.3, -0.25) is 4.57 Å². The van der Waals surface area contributed by atoms with Gasteiger partial charge in [0.25, 0.3) is 0 Å². The van der Waals surface area contributed by atoms with Crippen LogP contribution in [0.2, 0.25) is 0 Å². The standard InChI is InChI=1S/C10H9BrN2/c1-8-2-4-9(5-3-8)13-7-12-6-10(13)11/h2-7H,1H3. The fraction of sp³-hybridized carbons (Fsp3) is 0.100. The lowest BCUT2D eigenvalue weighted by Crippen LogP contribution is -1.91. The Balaban J connectivity index is 2.47. The highest BCUT2D eigenvalue weighted by Gasteiger charge is 1.99. The maximum absolute atomic E-state index is 4.04. The molecule has 1 aromatic heterocycles. The molecular weight excluding hydrogens is 228 g/mol. The first-order valence-corrected chi connectivity index (χ1v) is 4.81. The minimum atomic E-state index is 0.969.